The van der Waals surface area contributed by atoms with Gasteiger partial charge in [-0.1, -0.05) is 30.1 Å². The molecule has 20 heavy (non-hydrogen) atoms. The number of hydrogen-bond donors (Lipinski definition) is 1. The summed E-state index contributed by atoms with van der Waals surface area (Å²) in [5.41, 5.74) is 2.28. The highest BCUT2D eigenvalue weighted by molar-refractivity contribution is 7.11. The molecule has 1 aromatic carbocycles. The summed E-state index contributed by atoms with van der Waals surface area (Å²) in [4.78, 5) is 6.24. The fraction of sp³-hybridized carbons (Fsp3) is 0.400. The maximum absolute atomic E-state index is 6.35. The van der Waals surface area contributed by atoms with Gasteiger partial charge in [0.2, 0.25) is 0 Å². The van der Waals surface area contributed by atoms with Gasteiger partial charge in [-0.15, -0.1) is 11.3 Å². The van der Waals surface area contributed by atoms with Crippen LogP contribution in [-0.4, -0.2) is 11.5 Å². The van der Waals surface area contributed by atoms with Gasteiger partial charge in [-0.3, -0.25) is 0 Å². The minimum absolute atomic E-state index is 0.0294. The zero-order chi connectivity index (χ0) is 14.1. The van der Waals surface area contributed by atoms with Crippen molar-refractivity contribution >= 4 is 34.5 Å². The molecule has 0 saturated heterocycles. The van der Waals surface area contributed by atoms with Crippen molar-refractivity contribution in [1.29, 1.82) is 0 Å². The third-order valence-electron chi connectivity index (χ3n) is 3.54. The lowest BCUT2D eigenvalue weighted by Crippen LogP contribution is -2.22. The highest BCUT2D eigenvalue weighted by Crippen LogP contribution is 2.36. The first-order valence-electron chi connectivity index (χ1n) is 6.86. The Kier molecular flexibility index (Phi) is 4.32. The fourth-order valence-corrected chi connectivity index (χ4v) is 4.26. The second-order valence-corrected chi connectivity index (χ2v) is 6.89. The van der Waals surface area contributed by atoms with Gasteiger partial charge in [-0.25, -0.2) is 4.98 Å². The van der Waals surface area contributed by atoms with E-state index in [4.69, 9.17) is 28.2 Å². The van der Waals surface area contributed by atoms with Gasteiger partial charge in [0.25, 0.3) is 0 Å². The van der Waals surface area contributed by atoms with E-state index < -0.39 is 0 Å². The highest BCUT2D eigenvalue weighted by Gasteiger charge is 2.24. The van der Waals surface area contributed by atoms with Crippen LogP contribution in [0.2, 0.25) is 10.0 Å². The average molecular weight is 327 g/mol. The lowest BCUT2D eigenvalue weighted by molar-refractivity contribution is 0.625. The van der Waals surface area contributed by atoms with E-state index in [1.54, 1.807) is 11.3 Å². The Hall–Kier alpha value is -0.610. The fourth-order valence-electron chi connectivity index (χ4n) is 2.60. The molecule has 0 fully saturated rings. The van der Waals surface area contributed by atoms with Crippen LogP contribution < -0.4 is 5.32 Å². The van der Waals surface area contributed by atoms with Crippen LogP contribution in [0.5, 0.6) is 0 Å². The van der Waals surface area contributed by atoms with Crippen molar-refractivity contribution in [1.82, 2.24) is 10.3 Å². The summed E-state index contributed by atoms with van der Waals surface area (Å²) >= 11 is 14.3. The van der Waals surface area contributed by atoms with E-state index in [0.717, 1.165) is 35.0 Å². The molecule has 2 aromatic rings. The summed E-state index contributed by atoms with van der Waals surface area (Å²) in [5.74, 6) is 0. The number of halogens is 2. The quantitative estimate of drug-likeness (QED) is 0.885. The molecule has 1 aromatic heterocycles. The van der Waals surface area contributed by atoms with Gasteiger partial charge < -0.3 is 5.32 Å². The maximum atomic E-state index is 6.35. The maximum Gasteiger partial charge on any atom is 0.115 e. The second-order valence-electron chi connectivity index (χ2n) is 4.93. The SMILES string of the molecule is CCNC(c1nc2c(s1)CCC2)c1cc(Cl)ccc1Cl. The van der Waals surface area contributed by atoms with E-state index in [1.165, 1.54) is 17.0 Å². The monoisotopic (exact) mass is 326 g/mol. The molecule has 1 atom stereocenters. The summed E-state index contributed by atoms with van der Waals surface area (Å²) in [6.07, 6.45) is 3.50. The van der Waals surface area contributed by atoms with Gasteiger partial charge in [-0.2, -0.15) is 0 Å². The molecule has 1 aliphatic rings. The van der Waals surface area contributed by atoms with Crippen LogP contribution in [-0.2, 0) is 12.8 Å². The molecular formula is C15H16Cl2N2S. The summed E-state index contributed by atoms with van der Waals surface area (Å²) in [6.45, 7) is 2.95. The Bertz CT molecular complexity index is 603. The van der Waals surface area contributed by atoms with Crippen LogP contribution in [0, 0.1) is 0 Å². The predicted molar refractivity (Wildman–Crippen MR) is 86.1 cm³/mol. The Morgan fingerprint density at radius 2 is 2.20 bits per heavy atom. The molecular weight excluding hydrogens is 311 g/mol. The molecule has 1 aliphatic carbocycles. The minimum atomic E-state index is 0.0294. The van der Waals surface area contributed by atoms with Crippen molar-refractivity contribution in [3.8, 4) is 0 Å². The molecule has 1 unspecified atom stereocenters. The van der Waals surface area contributed by atoms with E-state index in [-0.39, 0.29) is 6.04 Å². The van der Waals surface area contributed by atoms with Crippen molar-refractivity contribution < 1.29 is 0 Å². The first-order valence-corrected chi connectivity index (χ1v) is 8.43. The zero-order valence-electron chi connectivity index (χ0n) is 11.2. The lowest BCUT2D eigenvalue weighted by Gasteiger charge is -2.17. The summed E-state index contributed by atoms with van der Waals surface area (Å²) in [6, 6.07) is 5.63. The Morgan fingerprint density at radius 3 is 2.95 bits per heavy atom. The van der Waals surface area contributed by atoms with E-state index in [9.17, 15) is 0 Å². The van der Waals surface area contributed by atoms with Crippen LogP contribution in [0.1, 0.15) is 40.5 Å². The van der Waals surface area contributed by atoms with Crippen molar-refractivity contribution in [3.05, 3.63) is 49.4 Å². The molecule has 2 nitrogen and oxygen atoms in total. The molecule has 0 aliphatic heterocycles. The van der Waals surface area contributed by atoms with Crippen LogP contribution in [0.3, 0.4) is 0 Å². The number of rotatable bonds is 4. The molecule has 0 saturated carbocycles. The molecule has 0 radical (unpaired) electrons. The molecule has 1 heterocycles. The topological polar surface area (TPSA) is 24.9 Å². The third-order valence-corrected chi connectivity index (χ3v) is 5.34. The Labute approximate surface area is 133 Å². The van der Waals surface area contributed by atoms with Crippen LogP contribution >= 0.6 is 34.5 Å². The normalized spacial score (nSPS) is 15.3. The smallest absolute Gasteiger partial charge is 0.115 e. The number of benzene rings is 1. The molecule has 5 heteroatoms. The number of nitrogens with zero attached hydrogens (tertiary/aromatic N) is 1. The Morgan fingerprint density at radius 1 is 1.35 bits per heavy atom. The van der Waals surface area contributed by atoms with Crippen molar-refractivity contribution in [2.75, 3.05) is 6.54 Å². The van der Waals surface area contributed by atoms with Gasteiger partial charge in [0, 0.05) is 14.9 Å². The highest BCUT2D eigenvalue weighted by atomic mass is 35.5. The number of aromatic nitrogens is 1. The van der Waals surface area contributed by atoms with E-state index in [2.05, 4.69) is 12.2 Å². The van der Waals surface area contributed by atoms with Crippen LogP contribution in [0.15, 0.2) is 18.2 Å². The first kappa shape index (κ1) is 14.3. The number of hydrogen-bond acceptors (Lipinski definition) is 3. The molecule has 0 amide bonds. The van der Waals surface area contributed by atoms with E-state index >= 15 is 0 Å². The largest absolute Gasteiger partial charge is 0.304 e. The van der Waals surface area contributed by atoms with E-state index in [1.807, 2.05) is 18.2 Å². The molecule has 1 N–H and O–H groups in total. The molecule has 106 valence electrons. The lowest BCUT2D eigenvalue weighted by atomic mass is 10.1. The average Bonchev–Trinajstić information content (AvgIpc) is 3.00. The van der Waals surface area contributed by atoms with Gasteiger partial charge in [0.15, 0.2) is 0 Å². The zero-order valence-corrected chi connectivity index (χ0v) is 13.6. The van der Waals surface area contributed by atoms with Gasteiger partial charge in [0.05, 0.1) is 11.7 Å². The van der Waals surface area contributed by atoms with Gasteiger partial charge >= 0.3 is 0 Å². The van der Waals surface area contributed by atoms with Crippen molar-refractivity contribution in [2.45, 2.75) is 32.2 Å². The molecule has 3 rings (SSSR count). The predicted octanol–water partition coefficient (Wildman–Crippen LogP) is 4.64. The van der Waals surface area contributed by atoms with Gasteiger partial charge in [-0.05, 0) is 49.6 Å². The summed E-state index contributed by atoms with van der Waals surface area (Å²) in [5, 5.41) is 6.01. The van der Waals surface area contributed by atoms with Gasteiger partial charge in [0.1, 0.15) is 5.01 Å². The van der Waals surface area contributed by atoms with Crippen molar-refractivity contribution in [2.24, 2.45) is 0 Å². The summed E-state index contributed by atoms with van der Waals surface area (Å²) in [7, 11) is 0. The van der Waals surface area contributed by atoms with Crippen molar-refractivity contribution in [3.63, 3.8) is 0 Å². The van der Waals surface area contributed by atoms with Crippen LogP contribution in [0.4, 0.5) is 0 Å². The first-order chi connectivity index (χ1) is 9.69. The number of nitrogens with one attached hydrogen (secondary N) is 1. The standard InChI is InChI=1S/C15H16Cl2N2S/c1-2-18-14(10-8-9(16)6-7-11(10)17)15-19-12-4-3-5-13(12)20-15/h6-8,14,18H,2-5H2,1H3. The number of aryl methyl sites for hydroxylation is 2. The van der Waals surface area contributed by atoms with Crippen LogP contribution in [0.25, 0.3) is 0 Å². The molecule has 0 spiro atoms. The second kappa shape index (κ2) is 6.02. The van der Waals surface area contributed by atoms with E-state index in [0.29, 0.717) is 5.02 Å². The number of thiazole rings is 1. The molecule has 0 bridgehead atoms. The minimum Gasteiger partial charge on any atom is -0.304 e. The summed E-state index contributed by atoms with van der Waals surface area (Å²) < 4.78 is 0. The number of fused-ring (bicyclic) bond motifs is 1. The third kappa shape index (κ3) is 2.73. The Balaban J connectivity index is 2.01.